The topological polar surface area (TPSA) is 87.9 Å². The zero-order valence-corrected chi connectivity index (χ0v) is 15.7. The van der Waals surface area contributed by atoms with Crippen molar-refractivity contribution in [1.82, 2.24) is 9.97 Å². The molecule has 0 unspecified atom stereocenters. The molecule has 2 aromatic carbocycles. The van der Waals surface area contributed by atoms with E-state index in [0.717, 1.165) is 14.8 Å². The number of anilines is 2. The Hall–Kier alpha value is -2.99. The number of rotatable bonds is 6. The van der Waals surface area contributed by atoms with E-state index in [4.69, 9.17) is 4.74 Å². The minimum Gasteiger partial charge on any atom is -0.472 e. The second-order valence-corrected chi connectivity index (χ2v) is 6.49. The summed E-state index contributed by atoms with van der Waals surface area (Å²) in [5.41, 5.74) is 1.81. The van der Waals surface area contributed by atoms with Crippen molar-refractivity contribution in [1.29, 1.82) is 5.26 Å². The maximum atomic E-state index is 11.2. The number of hydrogen-bond acceptors (Lipinski definition) is 6. The number of benzene rings is 2. The lowest BCUT2D eigenvalue weighted by Gasteiger charge is -2.12. The molecule has 1 N–H and O–H groups in total. The van der Waals surface area contributed by atoms with Crippen LogP contribution in [0.1, 0.15) is 21.7 Å². The van der Waals surface area contributed by atoms with Gasteiger partial charge in [-0.1, -0.05) is 30.3 Å². The highest BCUT2D eigenvalue weighted by Crippen LogP contribution is 2.26. The van der Waals surface area contributed by atoms with Crippen molar-refractivity contribution in [2.75, 3.05) is 5.32 Å². The monoisotopic (exact) mass is 456 g/mol. The fourth-order valence-electron chi connectivity index (χ4n) is 2.20. The fraction of sp³-hybridized carbons (Fsp3) is 0.0526. The van der Waals surface area contributed by atoms with Gasteiger partial charge >= 0.3 is 0 Å². The summed E-state index contributed by atoms with van der Waals surface area (Å²) in [5, 5.41) is 12.6. The number of nitrogens with zero attached hydrogens (tertiary/aromatic N) is 3. The van der Waals surface area contributed by atoms with Gasteiger partial charge in [0.05, 0.1) is 0 Å². The Balaban J connectivity index is 1.92. The molecule has 0 aliphatic carbocycles. The highest BCUT2D eigenvalue weighted by atomic mass is 127. The fourth-order valence-corrected chi connectivity index (χ4v) is 2.56. The van der Waals surface area contributed by atoms with Gasteiger partial charge in [-0.15, -0.1) is 0 Å². The number of carbonyl (C=O) groups excluding carboxylic acids is 1. The van der Waals surface area contributed by atoms with E-state index in [-0.39, 0.29) is 29.7 Å². The summed E-state index contributed by atoms with van der Waals surface area (Å²) in [6, 6.07) is 19.1. The number of nitrogens with one attached hydrogen (secondary N) is 1. The summed E-state index contributed by atoms with van der Waals surface area (Å²) in [7, 11) is 0. The summed E-state index contributed by atoms with van der Waals surface area (Å²) in [6.07, 6.45) is 0.523. The van der Waals surface area contributed by atoms with Gasteiger partial charge in [0.25, 0.3) is 0 Å². The molecule has 0 radical (unpaired) electrons. The lowest BCUT2D eigenvalue weighted by Crippen LogP contribution is -2.07. The van der Waals surface area contributed by atoms with Crippen molar-refractivity contribution in [3.63, 3.8) is 0 Å². The zero-order valence-electron chi connectivity index (χ0n) is 13.5. The Kier molecular flexibility index (Phi) is 5.76. The van der Waals surface area contributed by atoms with Crippen LogP contribution in [0.2, 0.25) is 0 Å². The predicted molar refractivity (Wildman–Crippen MR) is 105 cm³/mol. The molecule has 0 saturated carbocycles. The molecule has 128 valence electrons. The molecule has 0 spiro atoms. The van der Waals surface area contributed by atoms with E-state index in [9.17, 15) is 10.1 Å². The van der Waals surface area contributed by atoms with Crippen molar-refractivity contribution < 1.29 is 9.53 Å². The van der Waals surface area contributed by atoms with Gasteiger partial charge in [-0.25, -0.2) is 4.98 Å². The number of carbonyl (C=O) groups is 1. The van der Waals surface area contributed by atoms with Crippen LogP contribution in [-0.2, 0) is 6.61 Å². The molecule has 26 heavy (non-hydrogen) atoms. The third-order valence-corrected chi connectivity index (χ3v) is 4.15. The molecule has 0 aliphatic heterocycles. The third-order valence-electron chi connectivity index (χ3n) is 3.44. The lowest BCUT2D eigenvalue weighted by molar-refractivity contribution is 0.111. The van der Waals surface area contributed by atoms with E-state index in [1.807, 2.05) is 54.6 Å². The largest absolute Gasteiger partial charge is 0.472 e. The molecule has 0 saturated heterocycles. The molecular weight excluding hydrogens is 443 g/mol. The van der Waals surface area contributed by atoms with E-state index in [2.05, 4.69) is 43.9 Å². The van der Waals surface area contributed by atoms with Crippen LogP contribution in [0.5, 0.6) is 5.88 Å². The summed E-state index contributed by atoms with van der Waals surface area (Å²) in [6.45, 7) is 0.230. The third kappa shape index (κ3) is 4.34. The molecule has 6 nitrogen and oxygen atoms in total. The van der Waals surface area contributed by atoms with Crippen LogP contribution in [0.4, 0.5) is 11.5 Å². The number of halogens is 1. The van der Waals surface area contributed by atoms with Gasteiger partial charge < -0.3 is 10.1 Å². The van der Waals surface area contributed by atoms with Crippen LogP contribution in [0.15, 0.2) is 54.6 Å². The zero-order chi connectivity index (χ0) is 18.4. The minimum atomic E-state index is -0.0555. The average Bonchev–Trinajstić information content (AvgIpc) is 2.68. The molecule has 3 aromatic rings. The first-order valence-corrected chi connectivity index (χ1v) is 8.74. The first kappa shape index (κ1) is 17.8. The summed E-state index contributed by atoms with van der Waals surface area (Å²) in [5.74, 6) is 0.246. The Morgan fingerprint density at radius 2 is 1.85 bits per heavy atom. The number of ether oxygens (including phenoxy) is 1. The van der Waals surface area contributed by atoms with Crippen molar-refractivity contribution in [2.24, 2.45) is 0 Å². The second-order valence-electron chi connectivity index (χ2n) is 5.25. The Morgan fingerprint density at radius 1 is 1.12 bits per heavy atom. The summed E-state index contributed by atoms with van der Waals surface area (Å²) in [4.78, 5) is 19.3. The predicted octanol–water partition coefficient (Wildman–Crippen LogP) is 4.09. The number of hydrogen-bond donors (Lipinski definition) is 1. The van der Waals surface area contributed by atoms with Crippen LogP contribution in [0.25, 0.3) is 0 Å². The highest BCUT2D eigenvalue weighted by molar-refractivity contribution is 14.1. The maximum Gasteiger partial charge on any atom is 0.238 e. The van der Waals surface area contributed by atoms with Crippen LogP contribution >= 0.6 is 22.6 Å². The van der Waals surface area contributed by atoms with E-state index < -0.39 is 0 Å². The molecule has 1 heterocycles. The smallest absolute Gasteiger partial charge is 0.238 e. The van der Waals surface area contributed by atoms with E-state index in [1.54, 1.807) is 0 Å². The molecule has 1 aromatic heterocycles. The lowest BCUT2D eigenvalue weighted by atomic mass is 10.2. The molecule has 0 aliphatic rings. The van der Waals surface area contributed by atoms with Gasteiger partial charge in [0.2, 0.25) is 5.88 Å². The first-order valence-electron chi connectivity index (χ1n) is 7.66. The molecule has 0 amide bonds. The Morgan fingerprint density at radius 3 is 2.50 bits per heavy atom. The average molecular weight is 456 g/mol. The van der Waals surface area contributed by atoms with Crippen LogP contribution in [0.3, 0.4) is 0 Å². The summed E-state index contributed by atoms with van der Waals surface area (Å²) >= 11 is 2.20. The maximum absolute atomic E-state index is 11.2. The first-order chi connectivity index (χ1) is 12.7. The van der Waals surface area contributed by atoms with Crippen molar-refractivity contribution in [2.45, 2.75) is 6.61 Å². The Bertz CT molecular complexity index is 954. The van der Waals surface area contributed by atoms with Crippen molar-refractivity contribution in [3.05, 3.63) is 75.1 Å². The molecule has 3 rings (SSSR count). The summed E-state index contributed by atoms with van der Waals surface area (Å²) < 4.78 is 6.76. The van der Waals surface area contributed by atoms with Crippen LogP contribution in [0, 0.1) is 14.9 Å². The van der Waals surface area contributed by atoms with Gasteiger partial charge in [-0.3, -0.25) is 4.79 Å². The second kappa shape index (κ2) is 8.40. The molecule has 0 fully saturated rings. The van der Waals surface area contributed by atoms with Gasteiger partial charge in [0, 0.05) is 9.26 Å². The normalized spacial score (nSPS) is 10.0. The van der Waals surface area contributed by atoms with E-state index >= 15 is 0 Å². The van der Waals surface area contributed by atoms with Crippen molar-refractivity contribution in [3.8, 4) is 11.9 Å². The quantitative estimate of drug-likeness (QED) is 0.444. The number of nitriles is 1. The van der Waals surface area contributed by atoms with Gasteiger partial charge in [0.1, 0.15) is 12.7 Å². The van der Waals surface area contributed by atoms with E-state index in [0.29, 0.717) is 6.29 Å². The molecular formula is C19H13IN4O2. The number of aromatic nitrogens is 2. The van der Waals surface area contributed by atoms with Gasteiger partial charge in [-0.2, -0.15) is 10.2 Å². The van der Waals surface area contributed by atoms with Crippen molar-refractivity contribution >= 4 is 40.4 Å². The Labute approximate surface area is 164 Å². The molecule has 0 atom stereocenters. The molecule has 0 bridgehead atoms. The number of aldehydes is 1. The van der Waals surface area contributed by atoms with Gasteiger partial charge in [-0.05, 0) is 52.4 Å². The van der Waals surface area contributed by atoms with E-state index in [1.165, 1.54) is 0 Å². The molecule has 7 heteroatoms. The van der Waals surface area contributed by atoms with Gasteiger partial charge in [0.15, 0.2) is 23.5 Å². The van der Waals surface area contributed by atoms with Crippen LogP contribution in [-0.4, -0.2) is 16.3 Å². The standard InChI is InChI=1S/C19H13IN4O2/c20-14-6-8-15(9-7-14)22-18-16(10-21)19(24-17(11-25)23-18)26-12-13-4-2-1-3-5-13/h1-9,11H,12H2,(H,22,23,24). The minimum absolute atomic E-state index is 0.0555. The van der Waals surface area contributed by atoms with Crippen LogP contribution < -0.4 is 10.1 Å². The SMILES string of the molecule is N#Cc1c(Nc2ccc(I)cc2)nc(C=O)nc1OCc1ccccc1. The highest BCUT2D eigenvalue weighted by Gasteiger charge is 2.16.